The molecule has 1 amide bonds. The van der Waals surface area contributed by atoms with Gasteiger partial charge in [-0.25, -0.2) is 0 Å². The van der Waals surface area contributed by atoms with Gasteiger partial charge in [-0.05, 0) is 12.1 Å². The first-order valence-corrected chi connectivity index (χ1v) is 6.19. The molecule has 1 atom stereocenters. The van der Waals surface area contributed by atoms with Crippen molar-refractivity contribution in [3.8, 4) is 11.5 Å². The number of hydrogen-bond donors (Lipinski definition) is 1. The number of ether oxygens (including phenoxy) is 2. The zero-order valence-corrected chi connectivity index (χ0v) is 10.1. The van der Waals surface area contributed by atoms with Crippen molar-refractivity contribution in [3.63, 3.8) is 0 Å². The predicted octanol–water partition coefficient (Wildman–Crippen LogP) is 0.912. The van der Waals surface area contributed by atoms with E-state index in [4.69, 9.17) is 15.2 Å². The van der Waals surface area contributed by atoms with Crippen LogP contribution in [0.5, 0.6) is 11.5 Å². The molecule has 5 heteroatoms. The van der Waals surface area contributed by atoms with Crippen LogP contribution < -0.4 is 20.1 Å². The third-order valence-corrected chi connectivity index (χ3v) is 3.20. The smallest absolute Gasteiger partial charge is 0.228 e. The van der Waals surface area contributed by atoms with Gasteiger partial charge in [0, 0.05) is 37.2 Å². The minimum absolute atomic E-state index is 0.0667. The van der Waals surface area contributed by atoms with Gasteiger partial charge in [0.2, 0.25) is 5.91 Å². The molecule has 2 N–H and O–H groups in total. The molecule has 18 heavy (non-hydrogen) atoms. The number of hydrogen-bond acceptors (Lipinski definition) is 4. The maximum absolute atomic E-state index is 11.8. The number of rotatable bonds is 1. The number of fused-ring (bicyclic) bond motifs is 1. The fourth-order valence-electron chi connectivity index (χ4n) is 2.30. The molecule has 1 aromatic carbocycles. The van der Waals surface area contributed by atoms with Crippen molar-refractivity contribution in [2.45, 2.75) is 18.9 Å². The molecular formula is C13H16N2O3. The molecule has 2 aliphatic rings. The second-order valence-corrected chi connectivity index (χ2v) is 4.65. The highest BCUT2D eigenvalue weighted by Crippen LogP contribution is 2.34. The van der Waals surface area contributed by atoms with Crippen LogP contribution in [0.15, 0.2) is 18.2 Å². The maximum atomic E-state index is 11.8. The second kappa shape index (κ2) is 4.49. The number of benzene rings is 1. The lowest BCUT2D eigenvalue weighted by atomic mass is 10.2. The normalized spacial score (nSPS) is 23.1. The van der Waals surface area contributed by atoms with Gasteiger partial charge in [-0.15, -0.1) is 0 Å². The highest BCUT2D eigenvalue weighted by Gasteiger charge is 2.28. The second-order valence-electron chi connectivity index (χ2n) is 4.65. The first-order chi connectivity index (χ1) is 8.74. The summed E-state index contributed by atoms with van der Waals surface area (Å²) in [7, 11) is 0. The Balaban J connectivity index is 1.90. The van der Waals surface area contributed by atoms with Crippen LogP contribution in [0.1, 0.15) is 12.8 Å². The molecule has 2 aliphatic heterocycles. The zero-order chi connectivity index (χ0) is 12.5. The SMILES string of the molecule is NC1CC(=O)N(c2ccc3c(c2)OCCCO3)C1. The quantitative estimate of drug-likeness (QED) is 0.802. The largest absolute Gasteiger partial charge is 0.490 e. The Bertz CT molecular complexity index is 475. The predicted molar refractivity (Wildman–Crippen MR) is 67.0 cm³/mol. The van der Waals surface area contributed by atoms with E-state index in [9.17, 15) is 4.79 Å². The fraction of sp³-hybridized carbons (Fsp3) is 0.462. The van der Waals surface area contributed by atoms with Crippen LogP contribution in [0.25, 0.3) is 0 Å². The van der Waals surface area contributed by atoms with E-state index in [0.29, 0.717) is 31.9 Å². The summed E-state index contributed by atoms with van der Waals surface area (Å²) < 4.78 is 11.2. The van der Waals surface area contributed by atoms with E-state index in [2.05, 4.69) is 0 Å². The molecule has 3 rings (SSSR count). The van der Waals surface area contributed by atoms with Crippen LogP contribution in [0.3, 0.4) is 0 Å². The van der Waals surface area contributed by atoms with Crippen LogP contribution in [-0.2, 0) is 4.79 Å². The molecule has 2 heterocycles. The third-order valence-electron chi connectivity index (χ3n) is 3.20. The molecule has 1 unspecified atom stereocenters. The summed E-state index contributed by atoms with van der Waals surface area (Å²) in [4.78, 5) is 13.5. The van der Waals surface area contributed by atoms with E-state index in [1.54, 1.807) is 4.90 Å². The molecule has 0 saturated carbocycles. The lowest BCUT2D eigenvalue weighted by Gasteiger charge is -2.18. The van der Waals surface area contributed by atoms with E-state index in [1.165, 1.54) is 0 Å². The van der Waals surface area contributed by atoms with Crippen LogP contribution in [0.2, 0.25) is 0 Å². The topological polar surface area (TPSA) is 64.8 Å². The molecule has 0 radical (unpaired) electrons. The average Bonchev–Trinajstić information content (AvgIpc) is 2.58. The van der Waals surface area contributed by atoms with Crippen molar-refractivity contribution in [1.82, 2.24) is 0 Å². The molecule has 1 saturated heterocycles. The monoisotopic (exact) mass is 248 g/mol. The van der Waals surface area contributed by atoms with Gasteiger partial charge in [-0.3, -0.25) is 4.79 Å². The van der Waals surface area contributed by atoms with E-state index in [1.807, 2.05) is 18.2 Å². The summed E-state index contributed by atoms with van der Waals surface area (Å²) in [6.45, 7) is 1.88. The van der Waals surface area contributed by atoms with Gasteiger partial charge in [-0.1, -0.05) is 0 Å². The van der Waals surface area contributed by atoms with E-state index in [-0.39, 0.29) is 11.9 Å². The summed E-state index contributed by atoms with van der Waals surface area (Å²) in [5, 5.41) is 0. The summed E-state index contributed by atoms with van der Waals surface area (Å²) in [6, 6.07) is 5.51. The Morgan fingerprint density at radius 2 is 2.00 bits per heavy atom. The van der Waals surface area contributed by atoms with Crippen molar-refractivity contribution in [3.05, 3.63) is 18.2 Å². The number of carbonyl (C=O) groups excluding carboxylic acids is 1. The van der Waals surface area contributed by atoms with E-state index in [0.717, 1.165) is 17.9 Å². The number of anilines is 1. The van der Waals surface area contributed by atoms with Crippen LogP contribution in [0, 0.1) is 0 Å². The van der Waals surface area contributed by atoms with Crippen molar-refractivity contribution >= 4 is 11.6 Å². The highest BCUT2D eigenvalue weighted by atomic mass is 16.5. The van der Waals surface area contributed by atoms with Crippen molar-refractivity contribution in [2.24, 2.45) is 5.73 Å². The first kappa shape index (κ1) is 11.3. The van der Waals surface area contributed by atoms with Crippen LogP contribution in [-0.4, -0.2) is 31.7 Å². The minimum atomic E-state index is -0.0755. The first-order valence-electron chi connectivity index (χ1n) is 6.19. The summed E-state index contributed by atoms with van der Waals surface area (Å²) in [5.74, 6) is 1.52. The molecule has 0 bridgehead atoms. The Morgan fingerprint density at radius 1 is 1.22 bits per heavy atom. The Hall–Kier alpha value is -1.75. The van der Waals surface area contributed by atoms with Crippen LogP contribution in [0.4, 0.5) is 5.69 Å². The lowest BCUT2D eigenvalue weighted by Crippen LogP contribution is -2.27. The number of carbonyl (C=O) groups is 1. The third kappa shape index (κ3) is 2.01. The van der Waals surface area contributed by atoms with Gasteiger partial charge in [-0.2, -0.15) is 0 Å². The number of nitrogens with zero attached hydrogens (tertiary/aromatic N) is 1. The highest BCUT2D eigenvalue weighted by molar-refractivity contribution is 5.96. The number of nitrogens with two attached hydrogens (primary N) is 1. The van der Waals surface area contributed by atoms with Gasteiger partial charge < -0.3 is 20.1 Å². The van der Waals surface area contributed by atoms with E-state index < -0.39 is 0 Å². The van der Waals surface area contributed by atoms with E-state index >= 15 is 0 Å². The Kier molecular flexibility index (Phi) is 2.83. The summed E-state index contributed by atoms with van der Waals surface area (Å²) in [5.41, 5.74) is 6.63. The molecular weight excluding hydrogens is 232 g/mol. The van der Waals surface area contributed by atoms with Crippen molar-refractivity contribution < 1.29 is 14.3 Å². The van der Waals surface area contributed by atoms with Crippen molar-refractivity contribution in [1.29, 1.82) is 0 Å². The van der Waals surface area contributed by atoms with Gasteiger partial charge in [0.1, 0.15) is 0 Å². The van der Waals surface area contributed by atoms with Gasteiger partial charge in [0.25, 0.3) is 0 Å². The Labute approximate surface area is 105 Å². The molecule has 1 fully saturated rings. The molecule has 0 aromatic heterocycles. The van der Waals surface area contributed by atoms with Crippen LogP contribution >= 0.6 is 0 Å². The standard InChI is InChI=1S/C13H16N2O3/c14-9-6-13(16)15(8-9)10-2-3-11-12(7-10)18-5-1-4-17-11/h2-3,7,9H,1,4-6,8,14H2. The Morgan fingerprint density at radius 3 is 2.72 bits per heavy atom. The molecule has 1 aromatic rings. The average molecular weight is 248 g/mol. The van der Waals surface area contributed by atoms with Gasteiger partial charge in [0.15, 0.2) is 11.5 Å². The molecule has 5 nitrogen and oxygen atoms in total. The summed E-state index contributed by atoms with van der Waals surface area (Å²) >= 11 is 0. The minimum Gasteiger partial charge on any atom is -0.490 e. The van der Waals surface area contributed by atoms with Gasteiger partial charge >= 0.3 is 0 Å². The zero-order valence-electron chi connectivity index (χ0n) is 10.1. The fourth-order valence-corrected chi connectivity index (χ4v) is 2.30. The maximum Gasteiger partial charge on any atom is 0.228 e. The number of amides is 1. The molecule has 0 spiro atoms. The molecule has 96 valence electrons. The van der Waals surface area contributed by atoms with Gasteiger partial charge in [0.05, 0.1) is 13.2 Å². The summed E-state index contributed by atoms with van der Waals surface area (Å²) in [6.07, 6.45) is 1.28. The van der Waals surface area contributed by atoms with Crippen molar-refractivity contribution in [2.75, 3.05) is 24.7 Å². The molecule has 0 aliphatic carbocycles. The lowest BCUT2D eigenvalue weighted by molar-refractivity contribution is -0.117.